The first-order valence-electron chi connectivity index (χ1n) is 7.02. The molecule has 0 N–H and O–H groups in total. The van der Waals surface area contributed by atoms with Gasteiger partial charge < -0.3 is 14.2 Å². The number of fused-ring (bicyclic) bond motifs is 1. The van der Waals surface area contributed by atoms with Gasteiger partial charge in [-0.15, -0.1) is 0 Å². The molecule has 6 nitrogen and oxygen atoms in total. The maximum absolute atomic E-state index is 12.8. The van der Waals surface area contributed by atoms with Gasteiger partial charge in [0, 0.05) is 19.1 Å². The summed E-state index contributed by atoms with van der Waals surface area (Å²) in [7, 11) is 4.14. The second-order valence-electron chi connectivity index (χ2n) is 5.69. The fourth-order valence-corrected chi connectivity index (χ4v) is 3.44. The third kappa shape index (κ3) is 2.37. The van der Waals surface area contributed by atoms with Crippen LogP contribution in [0.4, 0.5) is 0 Å². The molecule has 0 saturated carbocycles. The molecule has 2 aliphatic carbocycles. The van der Waals surface area contributed by atoms with Gasteiger partial charge in [0.15, 0.2) is 11.5 Å². The number of ether oxygens (including phenoxy) is 3. The zero-order valence-corrected chi connectivity index (χ0v) is 13.1. The minimum absolute atomic E-state index is 0.0259. The number of hydrogen-bond acceptors (Lipinski definition) is 6. The summed E-state index contributed by atoms with van der Waals surface area (Å²) in [4.78, 5) is 36.9. The third-order valence-electron chi connectivity index (χ3n) is 4.60. The number of methoxy groups -OCH3 is 3. The molecule has 0 spiro atoms. The Hall–Kier alpha value is -1.95. The lowest BCUT2D eigenvalue weighted by molar-refractivity contribution is -0.153. The molecular weight excluding hydrogens is 288 g/mol. The van der Waals surface area contributed by atoms with Gasteiger partial charge in [-0.25, -0.2) is 0 Å². The molecule has 0 aromatic carbocycles. The van der Waals surface area contributed by atoms with Gasteiger partial charge in [0.25, 0.3) is 0 Å². The maximum atomic E-state index is 12.8. The zero-order valence-electron chi connectivity index (χ0n) is 13.1. The second-order valence-corrected chi connectivity index (χ2v) is 5.69. The van der Waals surface area contributed by atoms with Gasteiger partial charge in [-0.05, 0) is 12.8 Å². The van der Waals surface area contributed by atoms with Crippen LogP contribution in [-0.4, -0.2) is 45.0 Å². The molecule has 6 heteroatoms. The van der Waals surface area contributed by atoms with E-state index in [1.807, 2.05) is 0 Å². The molecule has 2 aliphatic rings. The summed E-state index contributed by atoms with van der Waals surface area (Å²) in [5.41, 5.74) is -1.10. The largest absolute Gasteiger partial charge is 0.493 e. The summed E-state index contributed by atoms with van der Waals surface area (Å²) in [6.45, 7) is 1.69. The summed E-state index contributed by atoms with van der Waals surface area (Å²) in [5.74, 6) is -2.00. The molecular formula is C16H20O6. The molecule has 120 valence electrons. The van der Waals surface area contributed by atoms with Crippen molar-refractivity contribution in [2.24, 2.45) is 17.3 Å². The highest BCUT2D eigenvalue weighted by molar-refractivity contribution is 6.12. The van der Waals surface area contributed by atoms with E-state index in [1.54, 1.807) is 19.1 Å². The van der Waals surface area contributed by atoms with E-state index in [0.717, 1.165) is 0 Å². The van der Waals surface area contributed by atoms with Crippen molar-refractivity contribution in [3.8, 4) is 0 Å². The van der Waals surface area contributed by atoms with Gasteiger partial charge in [-0.1, -0.05) is 12.2 Å². The Labute approximate surface area is 129 Å². The van der Waals surface area contributed by atoms with Gasteiger partial charge >= 0.3 is 5.97 Å². The van der Waals surface area contributed by atoms with Crippen LogP contribution in [0.1, 0.15) is 13.3 Å². The molecule has 0 aromatic rings. The minimum Gasteiger partial charge on any atom is -0.493 e. The standard InChI is InChI=1S/C16H20O6/c1-16-12(21-3)6-5-9(7-13(18)22-4)14(16)10(17)8-11(20-2)15(16)19/h5-6,8-9,12,14H,7H2,1-4H3/t9-,12+,14-,16-/m1/s1. The average Bonchev–Trinajstić information content (AvgIpc) is 2.50. The molecule has 2 rings (SSSR count). The Bertz CT molecular complexity index is 561. The molecule has 0 unspecified atom stereocenters. The van der Waals surface area contributed by atoms with Crippen LogP contribution in [0.5, 0.6) is 0 Å². The zero-order chi connectivity index (χ0) is 16.5. The first-order chi connectivity index (χ1) is 10.4. The Morgan fingerprint density at radius 1 is 1.23 bits per heavy atom. The summed E-state index contributed by atoms with van der Waals surface area (Å²) in [6, 6.07) is 0. The molecule has 22 heavy (non-hydrogen) atoms. The van der Waals surface area contributed by atoms with Crippen LogP contribution >= 0.6 is 0 Å². The normalized spacial score (nSPS) is 34.0. The summed E-state index contributed by atoms with van der Waals surface area (Å²) in [6.07, 6.45) is 4.19. The molecule has 4 atom stereocenters. The summed E-state index contributed by atoms with van der Waals surface area (Å²) in [5, 5.41) is 0. The topological polar surface area (TPSA) is 78.9 Å². The summed E-state index contributed by atoms with van der Waals surface area (Å²) < 4.78 is 15.1. The van der Waals surface area contributed by atoms with Crippen LogP contribution in [0.3, 0.4) is 0 Å². The smallest absolute Gasteiger partial charge is 0.306 e. The number of rotatable bonds is 4. The quantitative estimate of drug-likeness (QED) is 0.571. The monoisotopic (exact) mass is 308 g/mol. The maximum Gasteiger partial charge on any atom is 0.306 e. The van der Waals surface area contributed by atoms with Crippen molar-refractivity contribution in [2.45, 2.75) is 19.4 Å². The van der Waals surface area contributed by atoms with E-state index in [0.29, 0.717) is 0 Å². The van der Waals surface area contributed by atoms with Crippen molar-refractivity contribution >= 4 is 17.5 Å². The molecule has 0 aliphatic heterocycles. The van der Waals surface area contributed by atoms with E-state index in [-0.39, 0.29) is 23.7 Å². The van der Waals surface area contributed by atoms with Crippen molar-refractivity contribution in [3.05, 3.63) is 24.0 Å². The fraction of sp³-hybridized carbons (Fsp3) is 0.562. The van der Waals surface area contributed by atoms with Gasteiger partial charge in [-0.3, -0.25) is 14.4 Å². The lowest BCUT2D eigenvalue weighted by atomic mass is 9.57. The molecule has 0 bridgehead atoms. The Morgan fingerprint density at radius 2 is 1.91 bits per heavy atom. The molecule has 0 saturated heterocycles. The first kappa shape index (κ1) is 16.4. The van der Waals surface area contributed by atoms with Gasteiger partial charge in [-0.2, -0.15) is 0 Å². The van der Waals surface area contributed by atoms with Crippen LogP contribution in [0.25, 0.3) is 0 Å². The highest BCUT2D eigenvalue weighted by atomic mass is 16.5. The van der Waals surface area contributed by atoms with E-state index in [9.17, 15) is 14.4 Å². The number of Topliss-reactive ketones (excluding diaryl/α,β-unsaturated/α-hetero) is 1. The van der Waals surface area contributed by atoms with Gasteiger partial charge in [0.2, 0.25) is 5.78 Å². The van der Waals surface area contributed by atoms with E-state index in [2.05, 4.69) is 4.74 Å². The number of allylic oxidation sites excluding steroid dienone is 3. The van der Waals surface area contributed by atoms with E-state index in [1.165, 1.54) is 27.4 Å². The van der Waals surface area contributed by atoms with Gasteiger partial charge in [0.05, 0.1) is 32.2 Å². The minimum atomic E-state index is -1.10. The van der Waals surface area contributed by atoms with Crippen molar-refractivity contribution in [3.63, 3.8) is 0 Å². The average molecular weight is 308 g/mol. The number of esters is 1. The van der Waals surface area contributed by atoms with Crippen LogP contribution in [-0.2, 0) is 28.6 Å². The molecule has 0 fully saturated rings. The van der Waals surface area contributed by atoms with E-state index < -0.39 is 29.3 Å². The highest BCUT2D eigenvalue weighted by Gasteiger charge is 2.57. The van der Waals surface area contributed by atoms with E-state index in [4.69, 9.17) is 9.47 Å². The Kier molecular flexibility index (Phi) is 4.51. The summed E-state index contributed by atoms with van der Waals surface area (Å²) >= 11 is 0. The molecule has 0 amide bonds. The molecule has 0 heterocycles. The number of hydrogen-bond donors (Lipinski definition) is 0. The Morgan fingerprint density at radius 3 is 2.45 bits per heavy atom. The van der Waals surface area contributed by atoms with Crippen LogP contribution in [0.15, 0.2) is 24.0 Å². The second kappa shape index (κ2) is 6.04. The predicted octanol–water partition coefficient (Wildman–Crippen LogP) is 1.06. The van der Waals surface area contributed by atoms with Crippen molar-refractivity contribution in [2.75, 3.05) is 21.3 Å². The predicted molar refractivity (Wildman–Crippen MR) is 76.8 cm³/mol. The first-order valence-corrected chi connectivity index (χ1v) is 7.02. The number of carbonyl (C=O) groups is 3. The molecule has 0 radical (unpaired) electrons. The lowest BCUT2D eigenvalue weighted by Crippen LogP contribution is -2.56. The SMILES string of the molecule is COC(=O)C[C@H]1C=C[C@H](OC)[C@@]2(C)C(=O)C(OC)=CC(=O)[C@@H]12. The highest BCUT2D eigenvalue weighted by Crippen LogP contribution is 2.48. The lowest BCUT2D eigenvalue weighted by Gasteiger charge is -2.46. The van der Waals surface area contributed by atoms with Crippen molar-refractivity contribution in [1.82, 2.24) is 0 Å². The number of ketones is 2. The third-order valence-corrected chi connectivity index (χ3v) is 4.60. The Balaban J connectivity index is 2.50. The van der Waals surface area contributed by atoms with E-state index >= 15 is 0 Å². The van der Waals surface area contributed by atoms with Crippen LogP contribution < -0.4 is 0 Å². The van der Waals surface area contributed by atoms with Crippen LogP contribution in [0, 0.1) is 17.3 Å². The fourth-order valence-electron chi connectivity index (χ4n) is 3.44. The van der Waals surface area contributed by atoms with Crippen molar-refractivity contribution < 1.29 is 28.6 Å². The van der Waals surface area contributed by atoms with Gasteiger partial charge in [0.1, 0.15) is 0 Å². The van der Waals surface area contributed by atoms with Crippen LogP contribution in [0.2, 0.25) is 0 Å². The number of carbonyl (C=O) groups excluding carboxylic acids is 3. The molecule has 0 aromatic heterocycles. The van der Waals surface area contributed by atoms with Crippen molar-refractivity contribution in [1.29, 1.82) is 0 Å².